The van der Waals surface area contributed by atoms with Crippen molar-refractivity contribution < 1.29 is 9.34 Å². The third-order valence-electron chi connectivity index (χ3n) is 2.83. The molecule has 0 aliphatic heterocycles. The van der Waals surface area contributed by atoms with Gasteiger partial charge in [0.15, 0.2) is 0 Å². The molecule has 18 heavy (non-hydrogen) atoms. The lowest BCUT2D eigenvalue weighted by molar-refractivity contribution is -0.384. The molecule has 0 unspecified atom stereocenters. The second-order valence-corrected chi connectivity index (χ2v) is 4.14. The van der Waals surface area contributed by atoms with Crippen LogP contribution in [0.15, 0.2) is 34.9 Å². The molecule has 0 saturated carbocycles. The van der Waals surface area contributed by atoms with Gasteiger partial charge in [-0.2, -0.15) is 0 Å². The molecule has 2 rings (SSSR count). The Morgan fingerprint density at radius 3 is 2.61 bits per heavy atom. The van der Waals surface area contributed by atoms with Crippen LogP contribution in [-0.2, 0) is 6.54 Å². The number of anilines is 1. The first-order chi connectivity index (χ1) is 8.58. The predicted octanol–water partition coefficient (Wildman–Crippen LogP) is 3.42. The van der Waals surface area contributed by atoms with E-state index in [4.69, 9.17) is 4.42 Å². The van der Waals surface area contributed by atoms with Crippen LogP contribution in [0.2, 0.25) is 0 Å². The predicted molar refractivity (Wildman–Crippen MR) is 68.6 cm³/mol. The monoisotopic (exact) mass is 246 g/mol. The minimum absolute atomic E-state index is 0.104. The summed E-state index contributed by atoms with van der Waals surface area (Å²) >= 11 is 0. The van der Waals surface area contributed by atoms with Crippen LogP contribution >= 0.6 is 0 Å². The molecule has 0 saturated heterocycles. The Kier molecular flexibility index (Phi) is 3.32. The lowest BCUT2D eigenvalue weighted by Gasteiger charge is -2.08. The number of nitrogens with one attached hydrogen (secondary N) is 1. The molecular formula is C13H14N2O3. The van der Waals surface area contributed by atoms with E-state index in [1.54, 1.807) is 18.4 Å². The first-order valence-corrected chi connectivity index (χ1v) is 5.60. The summed E-state index contributed by atoms with van der Waals surface area (Å²) in [7, 11) is 0. The van der Waals surface area contributed by atoms with Gasteiger partial charge in [-0.15, -0.1) is 0 Å². The van der Waals surface area contributed by atoms with Crippen LogP contribution in [0.4, 0.5) is 11.4 Å². The van der Waals surface area contributed by atoms with Gasteiger partial charge in [-0.05, 0) is 37.1 Å². The number of rotatable bonds is 4. The number of aryl methyl sites for hydroxylation is 2. The fraction of sp³-hybridized carbons (Fsp3) is 0.231. The third kappa shape index (κ3) is 2.51. The normalized spacial score (nSPS) is 10.3. The van der Waals surface area contributed by atoms with Crippen LogP contribution in [0.5, 0.6) is 0 Å². The number of nitro benzene ring substituents is 1. The molecule has 0 spiro atoms. The Balaban J connectivity index is 2.11. The standard InChI is InChI=1S/C13H14N2O3/c1-9-5-6-18-13(9)8-14-12-4-3-11(15(16)17)7-10(12)2/h3-7,14H,8H2,1-2H3. The average Bonchev–Trinajstić information content (AvgIpc) is 2.73. The van der Waals surface area contributed by atoms with Gasteiger partial charge >= 0.3 is 0 Å². The van der Waals surface area contributed by atoms with E-state index in [0.29, 0.717) is 6.54 Å². The smallest absolute Gasteiger partial charge is 0.269 e. The fourth-order valence-electron chi connectivity index (χ4n) is 1.72. The minimum Gasteiger partial charge on any atom is -0.467 e. The highest BCUT2D eigenvalue weighted by Gasteiger charge is 2.08. The van der Waals surface area contributed by atoms with Crippen LogP contribution < -0.4 is 5.32 Å². The molecule has 0 fully saturated rings. The molecule has 0 atom stereocenters. The van der Waals surface area contributed by atoms with Gasteiger partial charge in [-0.1, -0.05) is 0 Å². The summed E-state index contributed by atoms with van der Waals surface area (Å²) in [6, 6.07) is 6.66. The van der Waals surface area contributed by atoms with E-state index >= 15 is 0 Å². The van der Waals surface area contributed by atoms with E-state index in [0.717, 1.165) is 22.6 Å². The van der Waals surface area contributed by atoms with Gasteiger partial charge in [0.05, 0.1) is 17.7 Å². The van der Waals surface area contributed by atoms with Crippen LogP contribution in [0.25, 0.3) is 0 Å². The van der Waals surface area contributed by atoms with E-state index in [2.05, 4.69) is 5.32 Å². The summed E-state index contributed by atoms with van der Waals surface area (Å²) in [5.74, 6) is 0.868. The molecular weight excluding hydrogens is 232 g/mol. The highest BCUT2D eigenvalue weighted by molar-refractivity contribution is 5.55. The second-order valence-electron chi connectivity index (χ2n) is 4.14. The van der Waals surface area contributed by atoms with Crippen LogP contribution in [0.1, 0.15) is 16.9 Å². The maximum absolute atomic E-state index is 10.6. The number of furan rings is 1. The van der Waals surface area contributed by atoms with E-state index < -0.39 is 4.92 Å². The maximum atomic E-state index is 10.6. The first kappa shape index (κ1) is 12.2. The van der Waals surface area contributed by atoms with Gasteiger partial charge in [0.1, 0.15) is 5.76 Å². The van der Waals surface area contributed by atoms with Crippen molar-refractivity contribution in [3.8, 4) is 0 Å². The number of hydrogen-bond acceptors (Lipinski definition) is 4. The average molecular weight is 246 g/mol. The van der Waals surface area contributed by atoms with E-state index in [1.807, 2.05) is 19.9 Å². The number of non-ortho nitro benzene ring substituents is 1. The number of benzene rings is 1. The highest BCUT2D eigenvalue weighted by Crippen LogP contribution is 2.22. The molecule has 5 nitrogen and oxygen atoms in total. The summed E-state index contributed by atoms with van der Waals surface area (Å²) in [5.41, 5.74) is 2.90. The van der Waals surface area contributed by atoms with Crippen molar-refractivity contribution in [2.75, 3.05) is 5.32 Å². The molecule has 0 radical (unpaired) electrons. The van der Waals surface area contributed by atoms with Gasteiger partial charge in [-0.25, -0.2) is 0 Å². The third-order valence-corrected chi connectivity index (χ3v) is 2.83. The van der Waals surface area contributed by atoms with Gasteiger partial charge in [0.2, 0.25) is 0 Å². The maximum Gasteiger partial charge on any atom is 0.269 e. The Labute approximate surface area is 105 Å². The van der Waals surface area contributed by atoms with Gasteiger partial charge < -0.3 is 9.73 Å². The Morgan fingerprint density at radius 2 is 2.06 bits per heavy atom. The van der Waals surface area contributed by atoms with Crippen molar-refractivity contribution in [1.82, 2.24) is 0 Å². The molecule has 1 aromatic carbocycles. The summed E-state index contributed by atoms with van der Waals surface area (Å²) in [5, 5.41) is 13.8. The van der Waals surface area contributed by atoms with Crippen LogP contribution in [0.3, 0.4) is 0 Å². The summed E-state index contributed by atoms with van der Waals surface area (Å²) in [6.45, 7) is 4.38. The van der Waals surface area contributed by atoms with Gasteiger partial charge in [-0.3, -0.25) is 10.1 Å². The number of hydrogen-bond donors (Lipinski definition) is 1. The molecule has 0 amide bonds. The van der Waals surface area contributed by atoms with Gasteiger partial charge in [0.25, 0.3) is 5.69 Å². The zero-order valence-electron chi connectivity index (χ0n) is 10.3. The lowest BCUT2D eigenvalue weighted by atomic mass is 10.1. The summed E-state index contributed by atoms with van der Waals surface area (Å²) in [6.07, 6.45) is 1.65. The summed E-state index contributed by atoms with van der Waals surface area (Å²) < 4.78 is 5.32. The van der Waals surface area contributed by atoms with E-state index in [1.165, 1.54) is 6.07 Å². The molecule has 94 valence electrons. The van der Waals surface area contributed by atoms with Crippen molar-refractivity contribution in [3.05, 3.63) is 57.5 Å². The molecule has 0 aliphatic rings. The molecule has 5 heteroatoms. The van der Waals surface area contributed by atoms with Crippen molar-refractivity contribution in [2.24, 2.45) is 0 Å². The van der Waals surface area contributed by atoms with Crippen molar-refractivity contribution in [1.29, 1.82) is 0 Å². The highest BCUT2D eigenvalue weighted by atomic mass is 16.6. The topological polar surface area (TPSA) is 68.3 Å². The van der Waals surface area contributed by atoms with Crippen molar-refractivity contribution in [3.63, 3.8) is 0 Å². The van der Waals surface area contributed by atoms with E-state index in [-0.39, 0.29) is 5.69 Å². The molecule has 1 heterocycles. The summed E-state index contributed by atoms with van der Waals surface area (Å²) in [4.78, 5) is 10.2. The second kappa shape index (κ2) is 4.91. The lowest BCUT2D eigenvalue weighted by Crippen LogP contribution is -2.01. The largest absolute Gasteiger partial charge is 0.467 e. The Hall–Kier alpha value is -2.30. The Bertz CT molecular complexity index is 575. The van der Waals surface area contributed by atoms with Crippen LogP contribution in [-0.4, -0.2) is 4.92 Å². The van der Waals surface area contributed by atoms with E-state index in [9.17, 15) is 10.1 Å². The molecule has 0 aliphatic carbocycles. The fourth-order valence-corrected chi connectivity index (χ4v) is 1.72. The zero-order valence-corrected chi connectivity index (χ0v) is 10.3. The van der Waals surface area contributed by atoms with Gasteiger partial charge in [0, 0.05) is 17.8 Å². The van der Waals surface area contributed by atoms with Crippen molar-refractivity contribution in [2.45, 2.75) is 20.4 Å². The Morgan fingerprint density at radius 1 is 1.28 bits per heavy atom. The van der Waals surface area contributed by atoms with Crippen molar-refractivity contribution >= 4 is 11.4 Å². The molecule has 1 aromatic heterocycles. The molecule has 2 aromatic rings. The van der Waals surface area contributed by atoms with Crippen LogP contribution in [0, 0.1) is 24.0 Å². The number of nitrogens with zero attached hydrogens (tertiary/aromatic N) is 1. The first-order valence-electron chi connectivity index (χ1n) is 5.60. The zero-order chi connectivity index (χ0) is 13.1. The quantitative estimate of drug-likeness (QED) is 0.663. The molecule has 1 N–H and O–H groups in total. The number of nitro groups is 1. The molecule has 0 bridgehead atoms. The SMILES string of the molecule is Cc1cc([N+](=O)[O-])ccc1NCc1occc1C. The minimum atomic E-state index is -0.395.